The first kappa shape index (κ1) is 8.74. The maximum absolute atomic E-state index is 11.3. The SMILES string of the molecule is Cn1c(=O)ccc2c1ccc(=O)n2C. The van der Waals surface area contributed by atoms with E-state index in [1.54, 1.807) is 26.2 Å². The third-order valence-corrected chi connectivity index (χ3v) is 2.41. The molecule has 0 spiro atoms. The summed E-state index contributed by atoms with van der Waals surface area (Å²) in [4.78, 5) is 22.6. The van der Waals surface area contributed by atoms with Crippen LogP contribution in [0, 0.1) is 0 Å². The molecule has 0 aliphatic heterocycles. The van der Waals surface area contributed by atoms with E-state index in [9.17, 15) is 9.59 Å². The third-order valence-electron chi connectivity index (χ3n) is 2.41. The van der Waals surface area contributed by atoms with Crippen molar-refractivity contribution in [3.8, 4) is 0 Å². The van der Waals surface area contributed by atoms with Gasteiger partial charge >= 0.3 is 0 Å². The number of pyridine rings is 2. The number of hydrogen-bond acceptors (Lipinski definition) is 2. The van der Waals surface area contributed by atoms with Gasteiger partial charge < -0.3 is 9.13 Å². The van der Waals surface area contributed by atoms with Gasteiger partial charge in [-0.1, -0.05) is 0 Å². The largest absolute Gasteiger partial charge is 0.310 e. The third kappa shape index (κ3) is 1.08. The van der Waals surface area contributed by atoms with Crippen molar-refractivity contribution in [1.29, 1.82) is 0 Å². The molecule has 0 aliphatic carbocycles. The summed E-state index contributed by atoms with van der Waals surface area (Å²) < 4.78 is 3.05. The van der Waals surface area contributed by atoms with Crippen molar-refractivity contribution in [3.63, 3.8) is 0 Å². The molecule has 14 heavy (non-hydrogen) atoms. The van der Waals surface area contributed by atoms with Gasteiger partial charge in [-0.15, -0.1) is 0 Å². The number of nitrogens with zero attached hydrogens (tertiary/aromatic N) is 2. The summed E-state index contributed by atoms with van der Waals surface area (Å²) in [6, 6.07) is 6.25. The molecule has 2 rings (SSSR count). The Bertz CT molecular complexity index is 552. The lowest BCUT2D eigenvalue weighted by atomic mass is 10.3. The van der Waals surface area contributed by atoms with E-state index in [1.165, 1.54) is 21.3 Å². The quantitative estimate of drug-likeness (QED) is 0.597. The van der Waals surface area contributed by atoms with Gasteiger partial charge in [0.2, 0.25) is 0 Å². The molecule has 0 saturated heterocycles. The van der Waals surface area contributed by atoms with E-state index >= 15 is 0 Å². The lowest BCUT2D eigenvalue weighted by molar-refractivity contribution is 0.863. The van der Waals surface area contributed by atoms with E-state index in [0.29, 0.717) is 0 Å². The normalized spacial score (nSPS) is 10.7. The minimum absolute atomic E-state index is 0.0730. The van der Waals surface area contributed by atoms with Crippen LogP contribution >= 0.6 is 0 Å². The van der Waals surface area contributed by atoms with Crippen LogP contribution in [0.2, 0.25) is 0 Å². The highest BCUT2D eigenvalue weighted by molar-refractivity contribution is 5.74. The van der Waals surface area contributed by atoms with Crippen molar-refractivity contribution in [2.45, 2.75) is 0 Å². The molecule has 0 fully saturated rings. The summed E-state index contributed by atoms with van der Waals surface area (Å²) >= 11 is 0. The van der Waals surface area contributed by atoms with Gasteiger partial charge in [0, 0.05) is 26.2 Å². The topological polar surface area (TPSA) is 44.0 Å². The average Bonchev–Trinajstić information content (AvgIpc) is 2.17. The molecule has 0 aliphatic rings. The molecule has 2 heterocycles. The van der Waals surface area contributed by atoms with E-state index in [-0.39, 0.29) is 11.1 Å². The van der Waals surface area contributed by atoms with Crippen LogP contribution in [0.4, 0.5) is 0 Å². The molecule has 0 radical (unpaired) electrons. The molecule has 4 nitrogen and oxygen atoms in total. The zero-order valence-electron chi connectivity index (χ0n) is 8.02. The van der Waals surface area contributed by atoms with Crippen LogP contribution in [0.1, 0.15) is 0 Å². The van der Waals surface area contributed by atoms with Crippen molar-refractivity contribution in [1.82, 2.24) is 9.13 Å². The van der Waals surface area contributed by atoms with E-state index in [0.717, 1.165) is 11.0 Å². The molecule has 0 aromatic carbocycles. The maximum Gasteiger partial charge on any atom is 0.250 e. The lowest BCUT2D eigenvalue weighted by Crippen LogP contribution is -2.21. The van der Waals surface area contributed by atoms with Crippen LogP contribution in [0.3, 0.4) is 0 Å². The second-order valence-corrected chi connectivity index (χ2v) is 3.23. The molecule has 4 heteroatoms. The number of fused-ring (bicyclic) bond motifs is 1. The Morgan fingerprint density at radius 1 is 0.786 bits per heavy atom. The minimum atomic E-state index is -0.0730. The van der Waals surface area contributed by atoms with Gasteiger partial charge in [0.25, 0.3) is 11.1 Å². The average molecular weight is 190 g/mol. The molecule has 0 amide bonds. The van der Waals surface area contributed by atoms with Crippen molar-refractivity contribution >= 4 is 11.0 Å². The standard InChI is InChI=1S/C10H10N2O2/c1-11-7-3-6-10(14)12(2)8(7)4-5-9(11)13/h3-6H,1-2H3. The first-order valence-corrected chi connectivity index (χ1v) is 4.27. The number of hydrogen-bond donors (Lipinski definition) is 0. The summed E-state index contributed by atoms with van der Waals surface area (Å²) in [6.45, 7) is 0. The predicted molar refractivity (Wildman–Crippen MR) is 54.4 cm³/mol. The molecule has 0 saturated carbocycles. The molecule has 2 aromatic heterocycles. The lowest BCUT2D eigenvalue weighted by Gasteiger charge is -2.06. The Morgan fingerprint density at radius 3 is 1.50 bits per heavy atom. The van der Waals surface area contributed by atoms with Gasteiger partial charge in [0.05, 0.1) is 11.0 Å². The van der Waals surface area contributed by atoms with Crippen molar-refractivity contribution in [3.05, 3.63) is 45.0 Å². The van der Waals surface area contributed by atoms with E-state index < -0.39 is 0 Å². The fourth-order valence-corrected chi connectivity index (χ4v) is 1.50. The van der Waals surface area contributed by atoms with Gasteiger partial charge in [-0.2, -0.15) is 0 Å². The maximum atomic E-state index is 11.3. The zero-order valence-corrected chi connectivity index (χ0v) is 8.02. The molecule has 2 aromatic rings. The molecule has 0 N–H and O–H groups in total. The van der Waals surface area contributed by atoms with Crippen LogP contribution in [-0.2, 0) is 14.1 Å². The van der Waals surface area contributed by atoms with Gasteiger partial charge in [-0.05, 0) is 12.1 Å². The van der Waals surface area contributed by atoms with Gasteiger partial charge in [-0.3, -0.25) is 9.59 Å². The zero-order chi connectivity index (χ0) is 10.3. The molecule has 72 valence electrons. The van der Waals surface area contributed by atoms with Crippen LogP contribution in [0.15, 0.2) is 33.9 Å². The Labute approximate surface area is 80.0 Å². The Morgan fingerprint density at radius 2 is 1.14 bits per heavy atom. The summed E-state index contributed by atoms with van der Waals surface area (Å²) in [5, 5.41) is 0. The van der Waals surface area contributed by atoms with Crippen LogP contribution in [0.5, 0.6) is 0 Å². The summed E-state index contributed by atoms with van der Waals surface area (Å²) in [6.07, 6.45) is 0. The number of aryl methyl sites for hydroxylation is 2. The highest BCUT2D eigenvalue weighted by Gasteiger charge is 2.01. The van der Waals surface area contributed by atoms with Crippen LogP contribution in [0.25, 0.3) is 11.0 Å². The van der Waals surface area contributed by atoms with Gasteiger partial charge in [0.15, 0.2) is 0 Å². The smallest absolute Gasteiger partial charge is 0.250 e. The monoisotopic (exact) mass is 190 g/mol. The van der Waals surface area contributed by atoms with Crippen LogP contribution in [-0.4, -0.2) is 9.13 Å². The summed E-state index contributed by atoms with van der Waals surface area (Å²) in [7, 11) is 3.38. The second-order valence-electron chi connectivity index (χ2n) is 3.23. The van der Waals surface area contributed by atoms with Gasteiger partial charge in [0.1, 0.15) is 0 Å². The van der Waals surface area contributed by atoms with E-state index in [1.807, 2.05) is 0 Å². The highest BCUT2D eigenvalue weighted by atomic mass is 16.1. The number of aromatic nitrogens is 2. The molecule has 0 bridgehead atoms. The summed E-state index contributed by atoms with van der Waals surface area (Å²) in [5.41, 5.74) is 1.38. The van der Waals surface area contributed by atoms with Crippen molar-refractivity contribution < 1.29 is 0 Å². The molecular formula is C10H10N2O2. The first-order chi connectivity index (χ1) is 6.61. The minimum Gasteiger partial charge on any atom is -0.310 e. The predicted octanol–water partition coefficient (Wildman–Crippen LogP) is 0.237. The first-order valence-electron chi connectivity index (χ1n) is 4.27. The van der Waals surface area contributed by atoms with E-state index in [4.69, 9.17) is 0 Å². The molecular weight excluding hydrogens is 180 g/mol. The van der Waals surface area contributed by atoms with E-state index in [2.05, 4.69) is 0 Å². The van der Waals surface area contributed by atoms with Crippen molar-refractivity contribution in [2.75, 3.05) is 0 Å². The number of rotatable bonds is 0. The fraction of sp³-hybridized carbons (Fsp3) is 0.200. The molecule has 0 atom stereocenters. The summed E-state index contributed by atoms with van der Waals surface area (Å²) in [5.74, 6) is 0. The fourth-order valence-electron chi connectivity index (χ4n) is 1.50. The highest BCUT2D eigenvalue weighted by Crippen LogP contribution is 2.06. The Hall–Kier alpha value is -1.84. The Kier molecular flexibility index (Phi) is 1.77. The van der Waals surface area contributed by atoms with Gasteiger partial charge in [-0.25, -0.2) is 0 Å². The van der Waals surface area contributed by atoms with Crippen molar-refractivity contribution in [2.24, 2.45) is 14.1 Å². The second kappa shape index (κ2) is 2.83. The Balaban J connectivity index is 3.09. The van der Waals surface area contributed by atoms with Crippen LogP contribution < -0.4 is 11.1 Å². The molecule has 0 unspecified atom stereocenters.